The quantitative estimate of drug-likeness (QED) is 0.188. The number of epoxide rings is 1. The number of furan rings is 1. The van der Waals surface area contributed by atoms with Gasteiger partial charge < -0.3 is 51.8 Å². The van der Waals surface area contributed by atoms with E-state index in [9.17, 15) is 28.8 Å². The van der Waals surface area contributed by atoms with Gasteiger partial charge >= 0.3 is 35.8 Å². The van der Waals surface area contributed by atoms with E-state index in [2.05, 4.69) is 0 Å². The highest BCUT2D eigenvalue weighted by Crippen LogP contribution is 2.90. The van der Waals surface area contributed by atoms with Crippen molar-refractivity contribution in [1.82, 2.24) is 0 Å². The van der Waals surface area contributed by atoms with Crippen molar-refractivity contribution >= 4 is 35.8 Å². The average molecular weight is 815 g/mol. The van der Waals surface area contributed by atoms with Crippen LogP contribution in [0.3, 0.4) is 0 Å². The van der Waals surface area contributed by atoms with Crippen LogP contribution in [0, 0.1) is 28.1 Å². The van der Waals surface area contributed by atoms with Gasteiger partial charge in [-0.3, -0.25) is 24.0 Å². The molecule has 8 fully saturated rings. The van der Waals surface area contributed by atoms with E-state index < -0.39 is 129 Å². The molecular formula is C41H50O17. The molecule has 9 rings (SSSR count). The molecule has 4 aliphatic heterocycles. The normalized spacial score (nSPS) is 48.8. The zero-order chi connectivity index (χ0) is 41.9. The van der Waals surface area contributed by atoms with Crippen molar-refractivity contribution in [2.24, 2.45) is 28.1 Å². The van der Waals surface area contributed by atoms with Crippen molar-refractivity contribution < 1.29 is 80.6 Å². The Balaban J connectivity index is 1.40. The van der Waals surface area contributed by atoms with Crippen molar-refractivity contribution in [3.05, 3.63) is 24.2 Å². The first-order valence-corrected chi connectivity index (χ1v) is 20.0. The number of rotatable bonds is 10. The third kappa shape index (κ3) is 4.26. The van der Waals surface area contributed by atoms with Gasteiger partial charge in [-0.25, -0.2) is 4.79 Å². The number of cyclic esters (lactones) is 1. The molecule has 58 heavy (non-hydrogen) atoms. The number of carbonyl (C=O) groups is 6. The van der Waals surface area contributed by atoms with Crippen molar-refractivity contribution in [3.8, 4) is 0 Å². The molecule has 0 aromatic carbocycles. The van der Waals surface area contributed by atoms with Crippen LogP contribution >= 0.6 is 0 Å². The van der Waals surface area contributed by atoms with Crippen LogP contribution in [-0.2, 0) is 76.1 Å². The highest BCUT2D eigenvalue weighted by atomic mass is 16.9. The first-order valence-electron chi connectivity index (χ1n) is 20.0. The maximum Gasteiger partial charge on any atom is 0.341 e. The molecule has 0 amide bonds. The summed E-state index contributed by atoms with van der Waals surface area (Å²) < 4.78 is 70.6. The third-order valence-corrected chi connectivity index (χ3v) is 15.7. The fraction of sp³-hybridized carbons (Fsp3) is 0.756. The Hall–Kier alpha value is -4.06. The summed E-state index contributed by atoms with van der Waals surface area (Å²) >= 11 is 0. The highest BCUT2D eigenvalue weighted by Gasteiger charge is 3.06. The highest BCUT2D eigenvalue weighted by molar-refractivity contribution is 5.84. The lowest BCUT2D eigenvalue weighted by atomic mass is 9.33. The first kappa shape index (κ1) is 39.4. The first-order chi connectivity index (χ1) is 27.2. The standard InChI is InChI=1S/C41H50O17/c1-10-26(44)52-31-40-25(16-27(45)48-9)33(5,29(51-21(3)42)23-11-14-49-17-23)12-13-38(40)37-19-50-28(46)15-24(37)34(6)18-39(37,57-36(8,56-38)58-40)41(31,55-22(4)43)30(34)53-32(47)35(7)20(2)54-35/h11,14,17,20,24-25,29-31H,10,12-13,15-16,18-19H2,1-9H3/t20-,24+,25-,29-,30?,31?,33+,34+,35+,36?,37+,38+,39?,40+,41?/m1/s1. The lowest BCUT2D eigenvalue weighted by Crippen LogP contribution is -2.95. The van der Waals surface area contributed by atoms with Gasteiger partial charge in [-0.05, 0) is 45.1 Å². The monoisotopic (exact) mass is 814 g/mol. The summed E-state index contributed by atoms with van der Waals surface area (Å²) in [5.74, 6) is -8.08. The number of hydrogen-bond donors (Lipinski definition) is 0. The molecule has 0 radical (unpaired) electrons. The molecule has 1 aromatic heterocycles. The van der Waals surface area contributed by atoms with E-state index in [0.717, 1.165) is 0 Å². The molecule has 17 nitrogen and oxygen atoms in total. The Kier molecular flexibility index (Phi) is 8.03. The van der Waals surface area contributed by atoms with Gasteiger partial charge in [0.25, 0.3) is 5.97 Å². The Morgan fingerprint density at radius 1 is 0.931 bits per heavy atom. The predicted octanol–water partition coefficient (Wildman–Crippen LogP) is 3.53. The topological polar surface area (TPSA) is 211 Å². The maximum atomic E-state index is 14.4. The van der Waals surface area contributed by atoms with Gasteiger partial charge in [-0.2, -0.15) is 0 Å². The molecule has 4 aliphatic carbocycles. The van der Waals surface area contributed by atoms with E-state index in [1.54, 1.807) is 33.8 Å². The second kappa shape index (κ2) is 11.8. The molecule has 17 heteroatoms. The predicted molar refractivity (Wildman–Crippen MR) is 188 cm³/mol. The Morgan fingerprint density at radius 3 is 2.24 bits per heavy atom. The van der Waals surface area contributed by atoms with Gasteiger partial charge in [-0.1, -0.05) is 20.8 Å². The number of carbonyl (C=O) groups excluding carboxylic acids is 6. The lowest BCUT2D eigenvalue weighted by Gasteiger charge is -2.77. The fourth-order valence-electron chi connectivity index (χ4n) is 13.7. The van der Waals surface area contributed by atoms with Crippen LogP contribution in [0.4, 0.5) is 0 Å². The number of methoxy groups -OCH3 is 1. The lowest BCUT2D eigenvalue weighted by molar-refractivity contribution is -0.485. The smallest absolute Gasteiger partial charge is 0.341 e. The van der Waals surface area contributed by atoms with Crippen molar-refractivity contribution in [3.63, 3.8) is 0 Å². The SMILES string of the molecule is CCC(=O)OC1C2(OC(C)=O)C(OC(=O)[C@@]3(C)O[C@@H]3C)[C@@]3(C)CC24OC2(C)O[C@@]5(CC[C@](C)([C@H](OC(C)=O)c6ccoc6)[C@@H](CC(=O)OC)[C@]15O2)[C@@]41COC(=O)C[C@@H]31. The molecule has 1 aromatic rings. The van der Waals surface area contributed by atoms with E-state index in [-0.39, 0.29) is 38.7 Å². The summed E-state index contributed by atoms with van der Waals surface area (Å²) in [7, 11) is 1.23. The molecule has 4 saturated carbocycles. The molecule has 4 bridgehead atoms. The number of hydrogen-bond acceptors (Lipinski definition) is 17. The van der Waals surface area contributed by atoms with Gasteiger partial charge in [0.15, 0.2) is 17.8 Å². The van der Waals surface area contributed by atoms with Gasteiger partial charge in [0.2, 0.25) is 5.60 Å². The van der Waals surface area contributed by atoms with E-state index in [1.165, 1.54) is 33.5 Å². The van der Waals surface area contributed by atoms with E-state index in [4.69, 9.17) is 51.8 Å². The number of esters is 6. The van der Waals surface area contributed by atoms with Gasteiger partial charge in [0.1, 0.15) is 29.5 Å². The summed E-state index contributed by atoms with van der Waals surface area (Å²) in [6.45, 7) is 12.3. The molecule has 316 valence electrons. The molecule has 3 spiro atoms. The molecule has 5 heterocycles. The fourth-order valence-corrected chi connectivity index (χ4v) is 13.7. The van der Waals surface area contributed by atoms with Crippen molar-refractivity contribution in [2.45, 2.75) is 152 Å². The minimum absolute atomic E-state index is 0.0317. The van der Waals surface area contributed by atoms with Gasteiger partial charge in [-0.15, -0.1) is 0 Å². The third-order valence-electron chi connectivity index (χ3n) is 15.7. The number of fused-ring (bicyclic) bond motifs is 3. The summed E-state index contributed by atoms with van der Waals surface area (Å²) in [5.41, 5.74) is -12.5. The van der Waals surface area contributed by atoms with Crippen molar-refractivity contribution in [1.29, 1.82) is 0 Å². The Morgan fingerprint density at radius 2 is 1.64 bits per heavy atom. The zero-order valence-electron chi connectivity index (χ0n) is 34.1. The van der Waals surface area contributed by atoms with Crippen molar-refractivity contribution in [2.75, 3.05) is 13.7 Å². The van der Waals surface area contributed by atoms with Crippen LogP contribution in [0.15, 0.2) is 23.0 Å². The molecule has 0 N–H and O–H groups in total. The minimum atomic E-state index is -2.23. The Bertz CT molecular complexity index is 2020. The van der Waals surface area contributed by atoms with Crippen LogP contribution < -0.4 is 0 Å². The van der Waals surface area contributed by atoms with E-state index >= 15 is 0 Å². The zero-order valence-corrected chi connectivity index (χ0v) is 34.1. The Labute approximate surface area is 334 Å². The van der Waals surface area contributed by atoms with Crippen LogP contribution in [-0.4, -0.2) is 102 Å². The van der Waals surface area contributed by atoms with Gasteiger partial charge in [0.05, 0.1) is 37.6 Å². The summed E-state index contributed by atoms with van der Waals surface area (Å²) in [6, 6.07) is 1.65. The van der Waals surface area contributed by atoms with E-state index in [0.29, 0.717) is 5.56 Å². The summed E-state index contributed by atoms with van der Waals surface area (Å²) in [5, 5.41) is 0. The molecular weight excluding hydrogens is 764 g/mol. The van der Waals surface area contributed by atoms with Gasteiger partial charge in [0, 0.05) is 55.9 Å². The largest absolute Gasteiger partial charge is 0.472 e. The summed E-state index contributed by atoms with van der Waals surface area (Å²) in [4.78, 5) is 83.1. The molecule has 15 atom stereocenters. The minimum Gasteiger partial charge on any atom is -0.472 e. The summed E-state index contributed by atoms with van der Waals surface area (Å²) in [6.07, 6.45) is -2.34. The van der Waals surface area contributed by atoms with Crippen LogP contribution in [0.2, 0.25) is 0 Å². The van der Waals surface area contributed by atoms with Crippen LogP contribution in [0.25, 0.3) is 0 Å². The molecule has 5 unspecified atom stereocenters. The van der Waals surface area contributed by atoms with Crippen LogP contribution in [0.5, 0.6) is 0 Å². The molecule has 4 saturated heterocycles. The van der Waals surface area contributed by atoms with E-state index in [1.807, 2.05) is 13.8 Å². The second-order valence-corrected chi connectivity index (χ2v) is 18.3. The maximum absolute atomic E-state index is 14.4. The molecule has 8 aliphatic rings. The van der Waals surface area contributed by atoms with Crippen LogP contribution in [0.1, 0.15) is 106 Å². The second-order valence-electron chi connectivity index (χ2n) is 18.3. The average Bonchev–Trinajstić information content (AvgIpc) is 3.49. The number of ether oxygens (including phenoxy) is 10.